The third-order valence-corrected chi connectivity index (χ3v) is 1.43. The van der Waals surface area contributed by atoms with Gasteiger partial charge in [0.1, 0.15) is 0 Å². The fourth-order valence-electron chi connectivity index (χ4n) is 0.759. The van der Waals surface area contributed by atoms with Crippen molar-refractivity contribution in [3.8, 4) is 0 Å². The normalized spacial score (nSPS) is 13.7. The van der Waals surface area contributed by atoms with Gasteiger partial charge in [-0.1, -0.05) is 12.2 Å². The quantitative estimate of drug-likeness (QED) is 0.235. The fourth-order valence-corrected chi connectivity index (χ4v) is 0.759. The van der Waals surface area contributed by atoms with Gasteiger partial charge in [-0.25, -0.2) is 0 Å². The monoisotopic (exact) mass is 231 g/mol. The van der Waals surface area contributed by atoms with Crippen molar-refractivity contribution in [1.82, 2.24) is 4.90 Å². The molecule has 1 heterocycles. The minimum atomic E-state index is -2.19. The van der Waals surface area contributed by atoms with Crippen LogP contribution in [0.25, 0.3) is 0 Å². The molecule has 0 saturated heterocycles. The van der Waals surface area contributed by atoms with Gasteiger partial charge in [0, 0.05) is 13.1 Å². The van der Waals surface area contributed by atoms with E-state index >= 15 is 0 Å². The summed E-state index contributed by atoms with van der Waals surface area (Å²) in [6, 6.07) is 0. The number of aliphatic carboxylic acids is 2. The second-order valence-electron chi connectivity index (χ2n) is 2.60. The number of carboxylic acid groups (broad SMARTS) is 2. The number of hydrogen-bond donors (Lipinski definition) is 0. The van der Waals surface area contributed by atoms with E-state index in [2.05, 4.69) is 24.1 Å². The Morgan fingerprint density at radius 2 is 1.60 bits per heavy atom. The maximum absolute atomic E-state index is 8.93. The van der Waals surface area contributed by atoms with Crippen molar-refractivity contribution in [2.75, 3.05) is 20.1 Å². The van der Waals surface area contributed by atoms with E-state index in [1.54, 1.807) is 0 Å². The van der Waals surface area contributed by atoms with Crippen LogP contribution >= 0.6 is 0 Å². The van der Waals surface area contributed by atoms with Crippen molar-refractivity contribution in [1.29, 1.82) is 0 Å². The molecule has 1 rings (SSSR count). The number of nitrogens with zero attached hydrogens (tertiary/aromatic N) is 1. The second kappa shape index (κ2) is 12.7. The Kier molecular flexibility index (Phi) is 17.8. The van der Waals surface area contributed by atoms with Gasteiger partial charge in [-0.2, -0.15) is 0 Å². The van der Waals surface area contributed by atoms with E-state index in [1.165, 1.54) is 13.0 Å². The standard InChI is InChI=1S/C6H11N.C2H2O4.2Na/c1-7-5-3-2-4-6-7;3-1(4)2(5)6;;/h2-3H,4-6H2,1H3;(H,3,4)(H,5,6);;/q;;2*+1/p-2. The molecule has 0 bridgehead atoms. The van der Waals surface area contributed by atoms with Crippen LogP contribution in [0.2, 0.25) is 0 Å². The molecule has 0 aromatic heterocycles. The van der Waals surface area contributed by atoms with Crippen molar-refractivity contribution >= 4 is 11.9 Å². The number of likely N-dealkylation sites (N-methyl/N-ethyl adjacent to an activating group) is 1. The summed E-state index contributed by atoms with van der Waals surface area (Å²) in [6.45, 7) is 2.37. The van der Waals surface area contributed by atoms with Crippen LogP contribution in [0.5, 0.6) is 0 Å². The average molecular weight is 231 g/mol. The minimum Gasteiger partial charge on any atom is -0.543 e. The first-order valence-corrected chi connectivity index (χ1v) is 3.80. The number of carbonyl (C=O) groups is 2. The van der Waals surface area contributed by atoms with Crippen LogP contribution in [-0.4, -0.2) is 37.0 Å². The first kappa shape index (κ1) is 21.0. The molecule has 0 aromatic carbocycles. The topological polar surface area (TPSA) is 83.5 Å². The van der Waals surface area contributed by atoms with Gasteiger partial charge in [0.2, 0.25) is 0 Å². The van der Waals surface area contributed by atoms with E-state index < -0.39 is 11.9 Å². The van der Waals surface area contributed by atoms with Crippen molar-refractivity contribution in [2.24, 2.45) is 0 Å². The molecule has 0 amide bonds. The molecule has 0 spiro atoms. The first-order valence-electron chi connectivity index (χ1n) is 3.80. The van der Waals surface area contributed by atoms with E-state index in [1.807, 2.05) is 0 Å². The maximum Gasteiger partial charge on any atom is 1.00 e. The van der Waals surface area contributed by atoms with Gasteiger partial charge in [0.25, 0.3) is 0 Å². The van der Waals surface area contributed by atoms with Gasteiger partial charge in [0.05, 0.1) is 11.9 Å². The zero-order chi connectivity index (χ0) is 10.3. The number of hydrogen-bond acceptors (Lipinski definition) is 5. The molecule has 0 fully saturated rings. The maximum atomic E-state index is 8.93. The molecule has 0 atom stereocenters. The summed E-state index contributed by atoms with van der Waals surface area (Å²) in [5, 5.41) is 17.9. The smallest absolute Gasteiger partial charge is 0.543 e. The SMILES string of the molecule is CN1CC=CCC1.O=C([O-])C(=O)[O-].[Na+].[Na+]. The molecule has 0 N–H and O–H groups in total. The van der Waals surface area contributed by atoms with Gasteiger partial charge < -0.3 is 24.7 Å². The summed E-state index contributed by atoms with van der Waals surface area (Å²) in [5.74, 6) is -4.37. The van der Waals surface area contributed by atoms with E-state index in [0.717, 1.165) is 6.54 Å². The Balaban J connectivity index is -0.000000172. The summed E-state index contributed by atoms with van der Waals surface area (Å²) < 4.78 is 0. The number of carboxylic acids is 2. The zero-order valence-corrected chi connectivity index (χ0v) is 13.4. The summed E-state index contributed by atoms with van der Waals surface area (Å²) >= 11 is 0. The van der Waals surface area contributed by atoms with E-state index in [-0.39, 0.29) is 59.1 Å². The van der Waals surface area contributed by atoms with Gasteiger partial charge in [-0.3, -0.25) is 0 Å². The Morgan fingerprint density at radius 1 is 1.13 bits per heavy atom. The molecular weight excluding hydrogens is 220 g/mol. The predicted molar refractivity (Wildman–Crippen MR) is 41.3 cm³/mol. The van der Waals surface area contributed by atoms with Crippen molar-refractivity contribution in [2.45, 2.75) is 6.42 Å². The molecule has 0 radical (unpaired) electrons. The average Bonchev–Trinajstić information content (AvgIpc) is 2.06. The molecule has 15 heavy (non-hydrogen) atoms. The van der Waals surface area contributed by atoms with Crippen molar-refractivity contribution in [3.63, 3.8) is 0 Å². The largest absolute Gasteiger partial charge is 1.00 e. The van der Waals surface area contributed by atoms with Gasteiger partial charge in [-0.15, -0.1) is 0 Å². The molecule has 7 heteroatoms. The van der Waals surface area contributed by atoms with Crippen LogP contribution in [0.3, 0.4) is 0 Å². The van der Waals surface area contributed by atoms with E-state index in [4.69, 9.17) is 19.8 Å². The van der Waals surface area contributed by atoms with Crippen LogP contribution in [0.15, 0.2) is 12.2 Å². The third-order valence-electron chi connectivity index (χ3n) is 1.43. The zero-order valence-electron chi connectivity index (χ0n) is 9.36. The fraction of sp³-hybridized carbons (Fsp3) is 0.500. The van der Waals surface area contributed by atoms with Gasteiger partial charge in [0.15, 0.2) is 0 Å². The molecule has 5 nitrogen and oxygen atoms in total. The van der Waals surface area contributed by atoms with Crippen molar-refractivity contribution < 1.29 is 78.9 Å². The molecular formula is C8H11NNa2O4. The Morgan fingerprint density at radius 3 is 1.73 bits per heavy atom. The van der Waals surface area contributed by atoms with Gasteiger partial charge >= 0.3 is 59.1 Å². The Labute approximate surface area is 133 Å². The molecule has 0 unspecified atom stereocenters. The Bertz CT molecular complexity index is 209. The molecule has 0 aliphatic carbocycles. The van der Waals surface area contributed by atoms with Crippen molar-refractivity contribution in [3.05, 3.63) is 12.2 Å². The van der Waals surface area contributed by atoms with Crippen LogP contribution in [0.1, 0.15) is 6.42 Å². The summed E-state index contributed by atoms with van der Waals surface area (Å²) in [5.41, 5.74) is 0. The number of rotatable bonds is 0. The molecule has 74 valence electrons. The van der Waals surface area contributed by atoms with Crippen LogP contribution in [-0.2, 0) is 9.59 Å². The summed E-state index contributed by atoms with van der Waals surface area (Å²) in [4.78, 5) is 20.2. The van der Waals surface area contributed by atoms with Crippen LogP contribution < -0.4 is 69.3 Å². The molecule has 0 saturated carbocycles. The second-order valence-corrected chi connectivity index (χ2v) is 2.60. The van der Waals surface area contributed by atoms with E-state index in [0.29, 0.717) is 0 Å². The Hall–Kier alpha value is 0.640. The third kappa shape index (κ3) is 14.6. The van der Waals surface area contributed by atoms with Crippen LogP contribution in [0.4, 0.5) is 0 Å². The summed E-state index contributed by atoms with van der Waals surface area (Å²) in [7, 11) is 2.14. The predicted octanol–water partition coefficient (Wildman–Crippen LogP) is -8.63. The first-order chi connectivity index (χ1) is 6.04. The van der Waals surface area contributed by atoms with E-state index in [9.17, 15) is 0 Å². The minimum absolute atomic E-state index is 0. The summed E-state index contributed by atoms with van der Waals surface area (Å²) in [6.07, 6.45) is 5.68. The van der Waals surface area contributed by atoms with Gasteiger partial charge in [-0.05, 0) is 13.5 Å². The molecule has 0 aromatic rings. The number of carbonyl (C=O) groups excluding carboxylic acids is 2. The molecule has 1 aliphatic heterocycles. The molecule has 1 aliphatic rings. The van der Waals surface area contributed by atoms with Crippen LogP contribution in [0, 0.1) is 0 Å².